The lowest BCUT2D eigenvalue weighted by molar-refractivity contribution is -0.140. The molecule has 1 fully saturated rings. The van der Waals surface area contributed by atoms with Crippen molar-refractivity contribution in [3.05, 3.63) is 67.6 Å². The number of nitrogens with one attached hydrogen (secondary N) is 1. The number of halogens is 4. The van der Waals surface area contributed by atoms with E-state index < -0.39 is 6.04 Å². The lowest BCUT2D eigenvalue weighted by atomic mass is 10.1. The van der Waals surface area contributed by atoms with Gasteiger partial charge in [0.2, 0.25) is 11.8 Å². The predicted octanol–water partition coefficient (Wildman–Crippen LogP) is 6.32. The maximum absolute atomic E-state index is 13.3. The number of benzene rings is 2. The van der Waals surface area contributed by atoms with Crippen molar-refractivity contribution in [2.75, 3.05) is 0 Å². The Morgan fingerprint density at radius 2 is 1.71 bits per heavy atom. The van der Waals surface area contributed by atoms with E-state index in [9.17, 15) is 9.59 Å². The summed E-state index contributed by atoms with van der Waals surface area (Å²) in [4.78, 5) is 27.8. The van der Waals surface area contributed by atoms with Crippen LogP contribution in [0.3, 0.4) is 0 Å². The topological polar surface area (TPSA) is 49.4 Å². The van der Waals surface area contributed by atoms with E-state index in [4.69, 9.17) is 46.4 Å². The number of nitrogens with zero attached hydrogens (tertiary/aromatic N) is 1. The van der Waals surface area contributed by atoms with E-state index in [2.05, 4.69) is 5.32 Å². The van der Waals surface area contributed by atoms with Crippen molar-refractivity contribution in [1.82, 2.24) is 10.2 Å². The van der Waals surface area contributed by atoms with Gasteiger partial charge in [0, 0.05) is 22.6 Å². The van der Waals surface area contributed by atoms with Gasteiger partial charge in [-0.2, -0.15) is 0 Å². The molecule has 2 aromatic carbocycles. The third-order valence-electron chi connectivity index (χ3n) is 5.56. The zero-order chi connectivity index (χ0) is 22.5. The summed E-state index contributed by atoms with van der Waals surface area (Å²) in [5.74, 6) is -0.383. The second-order valence-corrected chi connectivity index (χ2v) is 9.51. The molecule has 3 rings (SSSR count). The molecule has 0 heterocycles. The molecule has 0 radical (unpaired) electrons. The molecule has 0 saturated heterocycles. The summed E-state index contributed by atoms with van der Waals surface area (Å²) in [6, 6.07) is 9.72. The third-order valence-corrected chi connectivity index (χ3v) is 6.89. The number of hydrogen-bond donors (Lipinski definition) is 1. The Labute approximate surface area is 202 Å². The molecule has 1 unspecified atom stereocenters. The van der Waals surface area contributed by atoms with Crippen LogP contribution in [0, 0.1) is 0 Å². The molecule has 1 aliphatic carbocycles. The van der Waals surface area contributed by atoms with Crippen LogP contribution in [0.2, 0.25) is 20.1 Å². The third kappa shape index (κ3) is 6.52. The van der Waals surface area contributed by atoms with Crippen LogP contribution in [0.15, 0.2) is 36.4 Å². The highest BCUT2D eigenvalue weighted by Gasteiger charge is 2.29. The van der Waals surface area contributed by atoms with Crippen molar-refractivity contribution in [3.63, 3.8) is 0 Å². The fourth-order valence-electron chi connectivity index (χ4n) is 3.74. The van der Waals surface area contributed by atoms with E-state index in [1.54, 1.807) is 48.2 Å². The molecule has 0 spiro atoms. The Bertz CT molecular complexity index is 961. The van der Waals surface area contributed by atoms with E-state index in [0.29, 0.717) is 25.7 Å². The van der Waals surface area contributed by atoms with Gasteiger partial charge in [-0.25, -0.2) is 0 Å². The first kappa shape index (κ1) is 24.2. The molecule has 4 nitrogen and oxygen atoms in total. The number of carbonyl (C=O) groups is 2. The lowest BCUT2D eigenvalue weighted by Gasteiger charge is -2.30. The summed E-state index contributed by atoms with van der Waals surface area (Å²) in [7, 11) is 0. The summed E-state index contributed by atoms with van der Waals surface area (Å²) in [5, 5.41) is 4.83. The van der Waals surface area contributed by atoms with Gasteiger partial charge in [-0.3, -0.25) is 9.59 Å². The molecule has 0 aliphatic heterocycles. The average Bonchev–Trinajstić information content (AvgIpc) is 3.23. The van der Waals surface area contributed by atoms with Gasteiger partial charge >= 0.3 is 0 Å². The molecule has 1 aliphatic rings. The Balaban J connectivity index is 1.81. The minimum Gasteiger partial charge on any atom is -0.352 e. The Morgan fingerprint density at radius 1 is 1.00 bits per heavy atom. The van der Waals surface area contributed by atoms with E-state index in [1.807, 2.05) is 0 Å². The average molecular weight is 502 g/mol. The molecule has 166 valence electrons. The van der Waals surface area contributed by atoms with Crippen LogP contribution in [0.4, 0.5) is 0 Å². The summed E-state index contributed by atoms with van der Waals surface area (Å²) in [5.41, 5.74) is 1.43. The van der Waals surface area contributed by atoms with Crippen molar-refractivity contribution >= 4 is 58.2 Å². The second-order valence-electron chi connectivity index (χ2n) is 7.85. The molecule has 1 N–H and O–H groups in total. The Morgan fingerprint density at radius 3 is 2.35 bits per heavy atom. The summed E-state index contributed by atoms with van der Waals surface area (Å²) in [6.45, 7) is 1.96. The number of rotatable bonds is 7. The largest absolute Gasteiger partial charge is 0.352 e. The molecule has 1 saturated carbocycles. The Hall–Kier alpha value is -1.46. The van der Waals surface area contributed by atoms with Crippen molar-refractivity contribution in [3.8, 4) is 0 Å². The summed E-state index contributed by atoms with van der Waals surface area (Å²) >= 11 is 24.4. The van der Waals surface area contributed by atoms with E-state index in [1.165, 1.54) is 0 Å². The molecule has 31 heavy (non-hydrogen) atoms. The SMILES string of the molecule is CC(C(=O)NC1CCCC1)N(Cc1ccc(Cl)c(Cl)c1)C(=O)Cc1ccc(Cl)cc1Cl. The number of hydrogen-bond acceptors (Lipinski definition) is 2. The molecule has 0 bridgehead atoms. The molecule has 1 atom stereocenters. The quantitative estimate of drug-likeness (QED) is 0.482. The van der Waals surface area contributed by atoms with Gasteiger partial charge in [0.15, 0.2) is 0 Å². The van der Waals surface area contributed by atoms with E-state index >= 15 is 0 Å². The van der Waals surface area contributed by atoms with Crippen molar-refractivity contribution in [2.24, 2.45) is 0 Å². The van der Waals surface area contributed by atoms with Crippen LogP contribution in [0.25, 0.3) is 0 Å². The maximum atomic E-state index is 13.3. The minimum absolute atomic E-state index is 0.0539. The monoisotopic (exact) mass is 500 g/mol. The highest BCUT2D eigenvalue weighted by molar-refractivity contribution is 6.42. The fourth-order valence-corrected chi connectivity index (χ4v) is 4.53. The van der Waals surface area contributed by atoms with Crippen LogP contribution in [-0.2, 0) is 22.6 Å². The summed E-state index contributed by atoms with van der Waals surface area (Å²) in [6.07, 6.45) is 4.22. The Kier molecular flexibility index (Phi) is 8.51. The number of amides is 2. The normalized spacial score (nSPS) is 15.0. The second kappa shape index (κ2) is 10.9. The van der Waals surface area contributed by atoms with Crippen LogP contribution in [0.1, 0.15) is 43.7 Å². The minimum atomic E-state index is -0.659. The fraction of sp³-hybridized carbons (Fsp3) is 0.391. The van der Waals surface area contributed by atoms with Crippen LogP contribution in [0.5, 0.6) is 0 Å². The van der Waals surface area contributed by atoms with Crippen LogP contribution in [-0.4, -0.2) is 28.8 Å². The first-order valence-corrected chi connectivity index (χ1v) is 11.7. The maximum Gasteiger partial charge on any atom is 0.242 e. The standard InChI is InChI=1S/C23H24Cl4N2O2/c1-14(23(31)28-18-4-2-3-5-18)29(13-15-6-9-19(25)21(27)10-15)22(30)11-16-7-8-17(24)12-20(16)26/h6-10,12,14,18H,2-5,11,13H2,1H3,(H,28,31). The molecule has 2 aromatic rings. The molecular weight excluding hydrogens is 478 g/mol. The van der Waals surface area contributed by atoms with Crippen molar-refractivity contribution < 1.29 is 9.59 Å². The van der Waals surface area contributed by atoms with E-state index in [0.717, 1.165) is 31.2 Å². The van der Waals surface area contributed by atoms with Crippen LogP contribution < -0.4 is 5.32 Å². The van der Waals surface area contributed by atoms with Gasteiger partial charge in [0.1, 0.15) is 6.04 Å². The number of carbonyl (C=O) groups excluding carboxylic acids is 2. The van der Waals surface area contributed by atoms with Gasteiger partial charge in [-0.15, -0.1) is 0 Å². The first-order chi connectivity index (χ1) is 14.7. The van der Waals surface area contributed by atoms with Gasteiger partial charge in [-0.05, 0) is 55.2 Å². The van der Waals surface area contributed by atoms with Gasteiger partial charge in [0.05, 0.1) is 16.5 Å². The highest BCUT2D eigenvalue weighted by Crippen LogP contribution is 2.26. The highest BCUT2D eigenvalue weighted by atomic mass is 35.5. The van der Waals surface area contributed by atoms with Crippen LogP contribution >= 0.6 is 46.4 Å². The first-order valence-electron chi connectivity index (χ1n) is 10.2. The zero-order valence-corrected chi connectivity index (χ0v) is 20.2. The van der Waals surface area contributed by atoms with Crippen molar-refractivity contribution in [2.45, 2.75) is 57.7 Å². The lowest BCUT2D eigenvalue weighted by Crippen LogP contribution is -2.50. The molecular formula is C23H24Cl4N2O2. The van der Waals surface area contributed by atoms with Gasteiger partial charge in [0.25, 0.3) is 0 Å². The molecule has 2 amide bonds. The zero-order valence-electron chi connectivity index (χ0n) is 17.1. The summed E-state index contributed by atoms with van der Waals surface area (Å²) < 4.78 is 0. The molecule has 8 heteroatoms. The predicted molar refractivity (Wildman–Crippen MR) is 127 cm³/mol. The van der Waals surface area contributed by atoms with E-state index in [-0.39, 0.29) is 30.8 Å². The van der Waals surface area contributed by atoms with Gasteiger partial charge in [-0.1, -0.05) is 71.4 Å². The molecule has 0 aromatic heterocycles. The van der Waals surface area contributed by atoms with Crippen molar-refractivity contribution in [1.29, 1.82) is 0 Å². The smallest absolute Gasteiger partial charge is 0.242 e. The van der Waals surface area contributed by atoms with Gasteiger partial charge < -0.3 is 10.2 Å².